The monoisotopic (exact) mass is 467 g/mol. The van der Waals surface area contributed by atoms with E-state index in [-0.39, 0.29) is 22.4 Å². The lowest BCUT2D eigenvalue weighted by molar-refractivity contribution is 0.102. The molecule has 1 aliphatic heterocycles. The number of hydrogen-bond acceptors (Lipinski definition) is 5. The molecule has 33 heavy (non-hydrogen) atoms. The lowest BCUT2D eigenvalue weighted by Gasteiger charge is -2.21. The topological polar surface area (TPSA) is 97.2 Å². The largest absolute Gasteiger partial charge is 0.322 e. The van der Waals surface area contributed by atoms with Crippen LogP contribution in [0, 0.1) is 0 Å². The average molecular weight is 468 g/mol. The van der Waals surface area contributed by atoms with Crippen LogP contribution in [0.25, 0.3) is 11.4 Å². The molecule has 1 aliphatic rings. The van der Waals surface area contributed by atoms with Gasteiger partial charge in [-0.25, -0.2) is 8.42 Å². The number of aromatic nitrogens is 3. The van der Waals surface area contributed by atoms with Crippen LogP contribution < -0.4 is 5.32 Å². The summed E-state index contributed by atoms with van der Waals surface area (Å²) in [4.78, 5) is 13.0. The van der Waals surface area contributed by atoms with E-state index >= 15 is 0 Å². The van der Waals surface area contributed by atoms with Gasteiger partial charge in [-0.15, -0.1) is 10.2 Å². The van der Waals surface area contributed by atoms with Gasteiger partial charge in [-0.2, -0.15) is 4.31 Å². The van der Waals surface area contributed by atoms with Crippen molar-refractivity contribution in [2.45, 2.75) is 57.0 Å². The molecular formula is C24H29N5O3S. The molecule has 2 heterocycles. The van der Waals surface area contributed by atoms with Crippen molar-refractivity contribution in [1.29, 1.82) is 0 Å². The minimum Gasteiger partial charge on any atom is -0.322 e. The van der Waals surface area contributed by atoms with Gasteiger partial charge in [0.15, 0.2) is 5.82 Å². The summed E-state index contributed by atoms with van der Waals surface area (Å²) in [6.45, 7) is 4.49. The van der Waals surface area contributed by atoms with Crippen molar-refractivity contribution in [1.82, 2.24) is 19.1 Å². The maximum atomic E-state index is 12.9. The van der Waals surface area contributed by atoms with Gasteiger partial charge < -0.3 is 9.88 Å². The minimum absolute atomic E-state index is 0.0891. The molecule has 0 radical (unpaired) electrons. The van der Waals surface area contributed by atoms with Gasteiger partial charge in [-0.05, 0) is 57.0 Å². The molecule has 0 bridgehead atoms. The fourth-order valence-corrected chi connectivity index (χ4v) is 5.29. The minimum atomic E-state index is -3.68. The Kier molecular flexibility index (Phi) is 6.62. The fraction of sp³-hybridized carbons (Fsp3) is 0.375. The summed E-state index contributed by atoms with van der Waals surface area (Å²) in [5.41, 5.74) is 1.76. The van der Waals surface area contributed by atoms with E-state index in [9.17, 15) is 13.2 Å². The molecule has 174 valence electrons. The van der Waals surface area contributed by atoms with E-state index in [2.05, 4.69) is 20.1 Å². The van der Waals surface area contributed by atoms with Crippen LogP contribution >= 0.6 is 0 Å². The molecule has 1 N–H and O–H groups in total. The second-order valence-electron chi connectivity index (χ2n) is 8.58. The van der Waals surface area contributed by atoms with Gasteiger partial charge in [-0.1, -0.05) is 24.6 Å². The first kappa shape index (κ1) is 23.1. The van der Waals surface area contributed by atoms with Gasteiger partial charge >= 0.3 is 0 Å². The number of hydrogen-bond donors (Lipinski definition) is 1. The zero-order valence-electron chi connectivity index (χ0n) is 19.2. The molecule has 0 saturated carbocycles. The van der Waals surface area contributed by atoms with Crippen LogP contribution in [0.15, 0.2) is 53.4 Å². The molecule has 8 nitrogen and oxygen atoms in total. The van der Waals surface area contributed by atoms with Crippen molar-refractivity contribution in [3.8, 4) is 11.4 Å². The average Bonchev–Trinajstić information content (AvgIpc) is 3.06. The number of amides is 1. The zero-order chi connectivity index (χ0) is 23.6. The molecule has 9 heteroatoms. The third-order valence-electron chi connectivity index (χ3n) is 5.99. The quantitative estimate of drug-likeness (QED) is 0.592. The van der Waals surface area contributed by atoms with Crippen molar-refractivity contribution >= 4 is 21.6 Å². The van der Waals surface area contributed by atoms with Gasteiger partial charge in [0.05, 0.1) is 4.90 Å². The summed E-state index contributed by atoms with van der Waals surface area (Å²) in [6, 6.07) is 13.4. The predicted molar refractivity (Wildman–Crippen MR) is 127 cm³/mol. The standard InChI is InChI=1S/C24H29N5O3S/c1-17(2)28(3)33(31,32)21-12-8-10-19(16-21)24(30)25-20-11-7-9-18(15-20)23-27-26-22-13-5-4-6-14-29(22)23/h7-12,15-17H,4-6,13-14H2,1-3H3,(H,25,30). The van der Waals surface area contributed by atoms with E-state index < -0.39 is 10.0 Å². The van der Waals surface area contributed by atoms with E-state index in [1.165, 1.54) is 29.9 Å². The van der Waals surface area contributed by atoms with Crippen molar-refractivity contribution in [3.05, 3.63) is 59.9 Å². The van der Waals surface area contributed by atoms with E-state index in [0.29, 0.717) is 5.69 Å². The maximum Gasteiger partial charge on any atom is 0.255 e. The number of carbonyl (C=O) groups excluding carboxylic acids is 1. The van der Waals surface area contributed by atoms with Crippen molar-refractivity contribution < 1.29 is 13.2 Å². The summed E-state index contributed by atoms with van der Waals surface area (Å²) in [5, 5.41) is 11.6. The summed E-state index contributed by atoms with van der Waals surface area (Å²) in [5.74, 6) is 1.42. The van der Waals surface area contributed by atoms with Gasteiger partial charge in [0.25, 0.3) is 5.91 Å². The van der Waals surface area contributed by atoms with Gasteiger partial charge in [-0.3, -0.25) is 4.79 Å². The smallest absolute Gasteiger partial charge is 0.255 e. The highest BCUT2D eigenvalue weighted by molar-refractivity contribution is 7.89. The zero-order valence-corrected chi connectivity index (χ0v) is 20.0. The Labute approximate surface area is 194 Å². The molecule has 0 unspecified atom stereocenters. The van der Waals surface area contributed by atoms with Crippen LogP contribution in [-0.4, -0.2) is 46.5 Å². The molecule has 2 aromatic carbocycles. The normalized spacial score (nSPS) is 14.2. The molecule has 0 aliphatic carbocycles. The van der Waals surface area contributed by atoms with Gasteiger partial charge in [0.1, 0.15) is 5.82 Å². The van der Waals surface area contributed by atoms with E-state index in [0.717, 1.165) is 43.0 Å². The second-order valence-corrected chi connectivity index (χ2v) is 10.6. The Morgan fingerprint density at radius 2 is 1.85 bits per heavy atom. The first-order valence-electron chi connectivity index (χ1n) is 11.2. The predicted octanol–water partition coefficient (Wildman–Crippen LogP) is 3.95. The number of nitrogens with one attached hydrogen (secondary N) is 1. The number of rotatable bonds is 6. The number of nitrogens with zero attached hydrogens (tertiary/aromatic N) is 4. The Morgan fingerprint density at radius 3 is 2.64 bits per heavy atom. The Balaban J connectivity index is 1.57. The van der Waals surface area contributed by atoms with Gasteiger partial charge in [0, 0.05) is 42.9 Å². The molecule has 1 aromatic heterocycles. The number of sulfonamides is 1. The van der Waals surface area contributed by atoms with Crippen LogP contribution in [0.5, 0.6) is 0 Å². The number of fused-ring (bicyclic) bond motifs is 1. The van der Waals surface area contributed by atoms with Crippen LogP contribution in [0.4, 0.5) is 5.69 Å². The third kappa shape index (κ3) is 4.84. The number of benzene rings is 2. The Bertz CT molecular complexity index is 1270. The van der Waals surface area contributed by atoms with E-state index in [4.69, 9.17) is 0 Å². The van der Waals surface area contributed by atoms with Crippen LogP contribution in [0.3, 0.4) is 0 Å². The molecule has 4 rings (SSSR count). The number of carbonyl (C=O) groups is 1. The highest BCUT2D eigenvalue weighted by Crippen LogP contribution is 2.25. The second kappa shape index (κ2) is 9.44. The SMILES string of the molecule is CC(C)N(C)S(=O)(=O)c1cccc(C(=O)Nc2cccc(-c3nnc4n3CCCCC4)c2)c1. The van der Waals surface area contributed by atoms with Crippen molar-refractivity contribution in [2.75, 3.05) is 12.4 Å². The molecule has 0 atom stereocenters. The first-order valence-corrected chi connectivity index (χ1v) is 12.6. The lowest BCUT2D eigenvalue weighted by Crippen LogP contribution is -2.33. The third-order valence-corrected chi connectivity index (χ3v) is 8.02. The van der Waals surface area contributed by atoms with Crippen molar-refractivity contribution in [2.24, 2.45) is 0 Å². The molecular weight excluding hydrogens is 438 g/mol. The highest BCUT2D eigenvalue weighted by atomic mass is 32.2. The maximum absolute atomic E-state index is 12.9. The lowest BCUT2D eigenvalue weighted by atomic mass is 10.1. The van der Waals surface area contributed by atoms with Crippen LogP contribution in [0.2, 0.25) is 0 Å². The summed E-state index contributed by atoms with van der Waals surface area (Å²) in [7, 11) is -2.15. The highest BCUT2D eigenvalue weighted by Gasteiger charge is 2.24. The summed E-state index contributed by atoms with van der Waals surface area (Å²) >= 11 is 0. The molecule has 0 fully saturated rings. The molecule has 1 amide bonds. The number of anilines is 1. The molecule has 0 spiro atoms. The van der Waals surface area contributed by atoms with Gasteiger partial charge in [0.2, 0.25) is 10.0 Å². The number of aryl methyl sites for hydroxylation is 1. The molecule has 0 saturated heterocycles. The van der Waals surface area contributed by atoms with E-state index in [1.807, 2.05) is 18.2 Å². The van der Waals surface area contributed by atoms with Crippen LogP contribution in [-0.2, 0) is 23.0 Å². The van der Waals surface area contributed by atoms with Crippen molar-refractivity contribution in [3.63, 3.8) is 0 Å². The van der Waals surface area contributed by atoms with E-state index in [1.54, 1.807) is 32.0 Å². The van der Waals surface area contributed by atoms with Crippen LogP contribution in [0.1, 0.15) is 49.3 Å². The summed E-state index contributed by atoms with van der Waals surface area (Å²) < 4.78 is 29.1. The molecule has 3 aromatic rings. The Hall–Kier alpha value is -3.04. The summed E-state index contributed by atoms with van der Waals surface area (Å²) in [6.07, 6.45) is 4.32. The first-order chi connectivity index (χ1) is 15.8. The fourth-order valence-electron chi connectivity index (χ4n) is 3.88. The Morgan fingerprint density at radius 1 is 1.06 bits per heavy atom.